The van der Waals surface area contributed by atoms with Gasteiger partial charge in [0.05, 0.1) is 28.8 Å². The molecule has 0 aliphatic heterocycles. The predicted molar refractivity (Wildman–Crippen MR) is 175 cm³/mol. The zero-order valence-corrected chi connectivity index (χ0v) is 23.3. The van der Waals surface area contributed by atoms with Gasteiger partial charge in [0.1, 0.15) is 0 Å². The van der Waals surface area contributed by atoms with E-state index in [2.05, 4.69) is 108 Å². The lowest BCUT2D eigenvalue weighted by molar-refractivity contribution is 0.975. The molecule has 5 aromatic carbocycles. The minimum atomic E-state index is 0.708. The van der Waals surface area contributed by atoms with Crippen LogP contribution in [0.15, 0.2) is 158 Å². The van der Waals surface area contributed by atoms with Crippen LogP contribution in [0.25, 0.3) is 72.6 Å². The number of nitrogens with zero attached hydrogens (tertiary/aromatic N) is 4. The topological polar surface area (TPSA) is 43.1 Å². The largest absolute Gasteiger partial charge is 0.232 e. The first-order valence-electron chi connectivity index (χ1n) is 14.4. The summed E-state index contributed by atoms with van der Waals surface area (Å²) in [7, 11) is 0. The van der Waals surface area contributed by atoms with Gasteiger partial charge in [-0.15, -0.1) is 0 Å². The Balaban J connectivity index is 1.37. The minimum absolute atomic E-state index is 0.708. The van der Waals surface area contributed by atoms with Gasteiger partial charge in [0.2, 0.25) is 0 Å². The fourth-order valence-electron chi connectivity index (χ4n) is 5.77. The van der Waals surface area contributed by atoms with Crippen molar-refractivity contribution in [3.8, 4) is 56.3 Å². The van der Waals surface area contributed by atoms with Gasteiger partial charge in [-0.1, -0.05) is 133 Å². The van der Waals surface area contributed by atoms with Crippen LogP contribution in [-0.2, 0) is 0 Å². The maximum atomic E-state index is 5.08. The van der Waals surface area contributed by atoms with Crippen molar-refractivity contribution in [3.63, 3.8) is 0 Å². The average Bonchev–Trinajstić information content (AvgIpc) is 3.55. The second kappa shape index (κ2) is 10.5. The summed E-state index contributed by atoms with van der Waals surface area (Å²) in [6, 6.07) is 52.3. The van der Waals surface area contributed by atoms with Crippen molar-refractivity contribution in [1.82, 2.24) is 19.6 Å². The first-order valence-corrected chi connectivity index (χ1v) is 14.4. The van der Waals surface area contributed by atoms with Crippen molar-refractivity contribution in [2.24, 2.45) is 0 Å². The van der Waals surface area contributed by atoms with E-state index in [0.29, 0.717) is 5.82 Å². The fourth-order valence-corrected chi connectivity index (χ4v) is 5.77. The van der Waals surface area contributed by atoms with Gasteiger partial charge in [-0.05, 0) is 29.1 Å². The van der Waals surface area contributed by atoms with Crippen molar-refractivity contribution in [3.05, 3.63) is 158 Å². The highest BCUT2D eigenvalue weighted by molar-refractivity contribution is 6.06. The zero-order chi connectivity index (χ0) is 28.6. The standard InChI is InChI=1S/C39H26N4/c1-5-13-27(14-6-1)34-26-40-43-37(29-17-9-3-10-18-29)24-32-23-31(21-22-33(32)38(34)43)36-25-35(28-15-7-2-8-16-28)41-39(42-36)30-19-11-4-12-20-30/h1-26H. The molecule has 0 aliphatic carbocycles. The lowest BCUT2D eigenvalue weighted by Gasteiger charge is -2.13. The number of benzene rings is 5. The van der Waals surface area contributed by atoms with Crippen LogP contribution in [0.5, 0.6) is 0 Å². The number of hydrogen-bond acceptors (Lipinski definition) is 3. The summed E-state index contributed by atoms with van der Waals surface area (Å²) in [5.41, 5.74) is 10.4. The van der Waals surface area contributed by atoms with Crippen LogP contribution in [0, 0.1) is 0 Å². The number of hydrogen-bond donors (Lipinski definition) is 0. The van der Waals surface area contributed by atoms with Gasteiger partial charge < -0.3 is 0 Å². The summed E-state index contributed by atoms with van der Waals surface area (Å²) >= 11 is 0. The maximum absolute atomic E-state index is 5.08. The van der Waals surface area contributed by atoms with Gasteiger partial charge in [-0.25, -0.2) is 14.5 Å². The lowest BCUT2D eigenvalue weighted by atomic mass is 9.98. The highest BCUT2D eigenvalue weighted by atomic mass is 15.2. The van der Waals surface area contributed by atoms with Crippen LogP contribution in [0.2, 0.25) is 0 Å². The van der Waals surface area contributed by atoms with Crippen LogP contribution in [0.1, 0.15) is 0 Å². The third-order valence-corrected chi connectivity index (χ3v) is 7.87. The molecular weight excluding hydrogens is 524 g/mol. The third kappa shape index (κ3) is 4.55. The normalized spacial score (nSPS) is 11.3. The number of pyridine rings is 1. The monoisotopic (exact) mass is 550 g/mol. The van der Waals surface area contributed by atoms with Gasteiger partial charge in [0, 0.05) is 33.2 Å². The predicted octanol–water partition coefficient (Wildman–Crippen LogP) is 9.61. The van der Waals surface area contributed by atoms with E-state index < -0.39 is 0 Å². The molecule has 0 saturated carbocycles. The van der Waals surface area contributed by atoms with E-state index in [1.807, 2.05) is 54.7 Å². The van der Waals surface area contributed by atoms with E-state index in [1.54, 1.807) is 0 Å². The quantitative estimate of drug-likeness (QED) is 0.214. The molecule has 0 radical (unpaired) electrons. The Morgan fingerprint density at radius 2 is 1.00 bits per heavy atom. The second-order valence-corrected chi connectivity index (χ2v) is 10.6. The molecule has 0 unspecified atom stereocenters. The summed E-state index contributed by atoms with van der Waals surface area (Å²) in [6.07, 6.45) is 1.98. The Labute approximate surface area is 249 Å². The van der Waals surface area contributed by atoms with Gasteiger partial charge in [0.25, 0.3) is 0 Å². The highest BCUT2D eigenvalue weighted by Gasteiger charge is 2.17. The lowest BCUT2D eigenvalue weighted by Crippen LogP contribution is -1.97. The van der Waals surface area contributed by atoms with Crippen molar-refractivity contribution in [1.29, 1.82) is 0 Å². The second-order valence-electron chi connectivity index (χ2n) is 10.6. The highest BCUT2D eigenvalue weighted by Crippen LogP contribution is 2.37. The smallest absolute Gasteiger partial charge is 0.160 e. The third-order valence-electron chi connectivity index (χ3n) is 7.87. The molecule has 0 bridgehead atoms. The molecule has 4 nitrogen and oxygen atoms in total. The van der Waals surface area contributed by atoms with Crippen LogP contribution in [0.3, 0.4) is 0 Å². The molecule has 202 valence electrons. The van der Waals surface area contributed by atoms with E-state index in [1.165, 1.54) is 0 Å². The van der Waals surface area contributed by atoms with Crippen LogP contribution >= 0.6 is 0 Å². The molecule has 0 atom stereocenters. The molecule has 3 aromatic heterocycles. The van der Waals surface area contributed by atoms with Gasteiger partial charge in [0.15, 0.2) is 5.82 Å². The van der Waals surface area contributed by atoms with E-state index in [0.717, 1.165) is 66.8 Å². The molecule has 0 saturated heterocycles. The molecule has 0 fully saturated rings. The Bertz CT molecular complexity index is 2150. The summed E-state index contributed by atoms with van der Waals surface area (Å²) in [5, 5.41) is 7.16. The molecule has 0 N–H and O–H groups in total. The van der Waals surface area contributed by atoms with Crippen molar-refractivity contribution < 1.29 is 0 Å². The molecule has 0 aliphatic rings. The Morgan fingerprint density at radius 1 is 0.442 bits per heavy atom. The molecule has 43 heavy (non-hydrogen) atoms. The van der Waals surface area contributed by atoms with Gasteiger partial charge in [-0.2, -0.15) is 5.10 Å². The van der Waals surface area contributed by atoms with Crippen LogP contribution in [0.4, 0.5) is 0 Å². The Kier molecular flexibility index (Phi) is 6.08. The molecule has 0 amide bonds. The van der Waals surface area contributed by atoms with Crippen molar-refractivity contribution >= 4 is 16.3 Å². The summed E-state index contributed by atoms with van der Waals surface area (Å²) in [6.45, 7) is 0. The molecule has 4 heteroatoms. The number of aromatic nitrogens is 4. The summed E-state index contributed by atoms with van der Waals surface area (Å²) < 4.78 is 2.07. The summed E-state index contributed by atoms with van der Waals surface area (Å²) in [4.78, 5) is 10.0. The molecular formula is C39H26N4. The molecule has 3 heterocycles. The van der Waals surface area contributed by atoms with Crippen molar-refractivity contribution in [2.45, 2.75) is 0 Å². The van der Waals surface area contributed by atoms with Gasteiger partial charge >= 0.3 is 0 Å². The van der Waals surface area contributed by atoms with Crippen LogP contribution in [-0.4, -0.2) is 19.6 Å². The van der Waals surface area contributed by atoms with E-state index in [-0.39, 0.29) is 0 Å². The van der Waals surface area contributed by atoms with E-state index in [9.17, 15) is 0 Å². The molecule has 8 aromatic rings. The first kappa shape index (κ1) is 24.9. The first-order chi connectivity index (χ1) is 21.3. The van der Waals surface area contributed by atoms with Gasteiger partial charge in [-0.3, -0.25) is 0 Å². The zero-order valence-electron chi connectivity index (χ0n) is 23.3. The minimum Gasteiger partial charge on any atom is -0.232 e. The molecule has 0 spiro atoms. The Morgan fingerprint density at radius 3 is 1.65 bits per heavy atom. The van der Waals surface area contributed by atoms with Crippen molar-refractivity contribution in [2.75, 3.05) is 0 Å². The maximum Gasteiger partial charge on any atom is 0.160 e. The summed E-state index contributed by atoms with van der Waals surface area (Å²) in [5.74, 6) is 0.708. The average molecular weight is 551 g/mol. The SMILES string of the molecule is c1ccc(-c2cc(-c3ccc4c(c3)cc(-c3ccccc3)n3ncc(-c5ccccc5)c43)nc(-c3ccccc3)n2)cc1. The number of rotatable bonds is 5. The number of fused-ring (bicyclic) bond motifs is 3. The van der Waals surface area contributed by atoms with Crippen LogP contribution < -0.4 is 0 Å². The molecule has 8 rings (SSSR count). The Hall–Kier alpha value is -5.87. The van der Waals surface area contributed by atoms with E-state index >= 15 is 0 Å². The fraction of sp³-hybridized carbons (Fsp3) is 0. The van der Waals surface area contributed by atoms with E-state index in [4.69, 9.17) is 15.1 Å².